The highest BCUT2D eigenvalue weighted by molar-refractivity contribution is 5.81. The Morgan fingerprint density at radius 3 is 2.65 bits per heavy atom. The number of benzene rings is 1. The van der Waals surface area contributed by atoms with Gasteiger partial charge in [-0.05, 0) is 13.0 Å². The highest BCUT2D eigenvalue weighted by Gasteiger charge is 2.15. The predicted octanol–water partition coefficient (Wildman–Crippen LogP) is 2.51. The first kappa shape index (κ1) is 13.2. The Labute approximate surface area is 99.5 Å². The summed E-state index contributed by atoms with van der Waals surface area (Å²) >= 11 is 0. The maximum atomic E-state index is 11.4. The van der Waals surface area contributed by atoms with Crippen molar-refractivity contribution in [2.24, 2.45) is 5.92 Å². The van der Waals surface area contributed by atoms with E-state index in [2.05, 4.69) is 0 Å². The molecule has 0 N–H and O–H groups in total. The van der Waals surface area contributed by atoms with Crippen LogP contribution in [0.3, 0.4) is 0 Å². The molecule has 0 aliphatic rings. The number of hydrogen-bond acceptors (Lipinski definition) is 4. The van der Waals surface area contributed by atoms with Crippen molar-refractivity contribution >= 4 is 11.5 Å². The van der Waals surface area contributed by atoms with Gasteiger partial charge in [-0.3, -0.25) is 14.9 Å². The smallest absolute Gasteiger partial charge is 0.276 e. The van der Waals surface area contributed by atoms with Gasteiger partial charge < -0.3 is 4.74 Å². The molecule has 0 atom stereocenters. The zero-order valence-electron chi connectivity index (χ0n) is 10.1. The van der Waals surface area contributed by atoms with Crippen LogP contribution in [0.5, 0.6) is 5.75 Å². The number of hydrogen-bond donors (Lipinski definition) is 0. The molecular formula is C12H15NO4. The van der Waals surface area contributed by atoms with Crippen LogP contribution in [-0.2, 0) is 4.79 Å². The Morgan fingerprint density at radius 2 is 2.12 bits per heavy atom. The number of nitro groups is 1. The van der Waals surface area contributed by atoms with Gasteiger partial charge in [-0.2, -0.15) is 0 Å². The fraction of sp³-hybridized carbons (Fsp3) is 0.417. The molecule has 92 valence electrons. The zero-order valence-corrected chi connectivity index (χ0v) is 10.1. The number of carbonyl (C=O) groups is 1. The van der Waals surface area contributed by atoms with Gasteiger partial charge in [-0.1, -0.05) is 19.9 Å². The first-order chi connectivity index (χ1) is 7.93. The second-order valence-electron chi connectivity index (χ2n) is 4.07. The van der Waals surface area contributed by atoms with Gasteiger partial charge in [-0.15, -0.1) is 0 Å². The SMILES string of the molecule is Cc1c(OCC(=O)C(C)C)cccc1[N+](=O)[O-]. The minimum absolute atomic E-state index is 0.000467. The summed E-state index contributed by atoms with van der Waals surface area (Å²) < 4.78 is 5.30. The summed E-state index contributed by atoms with van der Waals surface area (Å²) in [5, 5.41) is 10.7. The third-order valence-electron chi connectivity index (χ3n) is 2.47. The molecule has 0 fully saturated rings. The molecule has 1 rings (SSSR count). The Balaban J connectivity index is 2.82. The van der Waals surface area contributed by atoms with E-state index in [1.54, 1.807) is 32.9 Å². The summed E-state index contributed by atoms with van der Waals surface area (Å²) in [6, 6.07) is 4.57. The quantitative estimate of drug-likeness (QED) is 0.582. The lowest BCUT2D eigenvalue weighted by atomic mass is 10.1. The Hall–Kier alpha value is -1.91. The summed E-state index contributed by atoms with van der Waals surface area (Å²) in [6.45, 7) is 5.12. The fourth-order valence-electron chi connectivity index (χ4n) is 1.27. The van der Waals surface area contributed by atoms with Crippen molar-refractivity contribution in [3.63, 3.8) is 0 Å². The van der Waals surface area contributed by atoms with Crippen LogP contribution in [0.4, 0.5) is 5.69 Å². The van der Waals surface area contributed by atoms with Crippen molar-refractivity contribution < 1.29 is 14.5 Å². The van der Waals surface area contributed by atoms with Gasteiger partial charge in [-0.25, -0.2) is 0 Å². The molecule has 0 aliphatic heterocycles. The number of carbonyl (C=O) groups excluding carboxylic acids is 1. The van der Waals surface area contributed by atoms with Crippen molar-refractivity contribution in [1.82, 2.24) is 0 Å². The molecule has 0 heterocycles. The van der Waals surface area contributed by atoms with E-state index in [4.69, 9.17) is 4.74 Å². The lowest BCUT2D eigenvalue weighted by Crippen LogP contribution is -2.17. The molecule has 0 aromatic heterocycles. The number of nitrogens with zero attached hydrogens (tertiary/aromatic N) is 1. The predicted molar refractivity (Wildman–Crippen MR) is 63.2 cm³/mol. The highest BCUT2D eigenvalue weighted by atomic mass is 16.6. The third kappa shape index (κ3) is 3.27. The van der Waals surface area contributed by atoms with E-state index < -0.39 is 4.92 Å². The lowest BCUT2D eigenvalue weighted by Gasteiger charge is -2.09. The number of nitro benzene ring substituents is 1. The van der Waals surface area contributed by atoms with Crippen LogP contribution < -0.4 is 4.74 Å². The molecule has 0 saturated carbocycles. The first-order valence-corrected chi connectivity index (χ1v) is 5.33. The number of rotatable bonds is 5. The summed E-state index contributed by atoms with van der Waals surface area (Å²) in [4.78, 5) is 21.6. The molecule has 0 aliphatic carbocycles. The Morgan fingerprint density at radius 1 is 1.47 bits per heavy atom. The van der Waals surface area contributed by atoms with Crippen LogP contribution in [0.1, 0.15) is 19.4 Å². The van der Waals surface area contributed by atoms with Crippen molar-refractivity contribution in [3.05, 3.63) is 33.9 Å². The average molecular weight is 237 g/mol. The molecular weight excluding hydrogens is 222 g/mol. The van der Waals surface area contributed by atoms with Gasteiger partial charge >= 0.3 is 0 Å². The standard InChI is InChI=1S/C12H15NO4/c1-8(2)11(14)7-17-12-6-4-5-10(9(12)3)13(15)16/h4-6,8H,7H2,1-3H3. The van der Waals surface area contributed by atoms with E-state index in [1.807, 2.05) is 0 Å². The van der Waals surface area contributed by atoms with Crippen LogP contribution >= 0.6 is 0 Å². The van der Waals surface area contributed by atoms with E-state index in [-0.39, 0.29) is 24.0 Å². The molecule has 1 aromatic rings. The van der Waals surface area contributed by atoms with E-state index >= 15 is 0 Å². The highest BCUT2D eigenvalue weighted by Crippen LogP contribution is 2.26. The van der Waals surface area contributed by atoms with E-state index in [1.165, 1.54) is 6.07 Å². The summed E-state index contributed by atoms with van der Waals surface area (Å²) in [6.07, 6.45) is 0. The zero-order chi connectivity index (χ0) is 13.0. The summed E-state index contributed by atoms with van der Waals surface area (Å²) in [5.41, 5.74) is 0.438. The van der Waals surface area contributed by atoms with E-state index in [0.717, 1.165) is 0 Å². The van der Waals surface area contributed by atoms with Crippen LogP contribution in [0, 0.1) is 23.0 Å². The lowest BCUT2D eigenvalue weighted by molar-refractivity contribution is -0.385. The van der Waals surface area contributed by atoms with Crippen molar-refractivity contribution in [2.75, 3.05) is 6.61 Å². The molecule has 1 aromatic carbocycles. The molecule has 0 unspecified atom stereocenters. The van der Waals surface area contributed by atoms with Gasteiger partial charge in [0.15, 0.2) is 5.78 Å². The molecule has 5 heteroatoms. The van der Waals surface area contributed by atoms with Crippen molar-refractivity contribution in [2.45, 2.75) is 20.8 Å². The molecule has 0 amide bonds. The van der Waals surface area contributed by atoms with Gasteiger partial charge in [0.1, 0.15) is 12.4 Å². The topological polar surface area (TPSA) is 69.4 Å². The van der Waals surface area contributed by atoms with Crippen LogP contribution in [0.15, 0.2) is 18.2 Å². The summed E-state index contributed by atoms with van der Waals surface area (Å²) in [7, 11) is 0. The molecule has 0 radical (unpaired) electrons. The molecule has 0 bridgehead atoms. The van der Waals surface area contributed by atoms with Crippen LogP contribution in [-0.4, -0.2) is 17.3 Å². The van der Waals surface area contributed by atoms with Gasteiger partial charge in [0.05, 0.1) is 10.5 Å². The van der Waals surface area contributed by atoms with Crippen molar-refractivity contribution in [3.8, 4) is 5.75 Å². The molecule has 0 saturated heterocycles. The first-order valence-electron chi connectivity index (χ1n) is 5.33. The van der Waals surface area contributed by atoms with E-state index in [0.29, 0.717) is 11.3 Å². The Kier molecular flexibility index (Phi) is 4.20. The second-order valence-corrected chi connectivity index (χ2v) is 4.07. The van der Waals surface area contributed by atoms with Crippen LogP contribution in [0.25, 0.3) is 0 Å². The fourth-order valence-corrected chi connectivity index (χ4v) is 1.27. The van der Waals surface area contributed by atoms with Gasteiger partial charge in [0, 0.05) is 12.0 Å². The second kappa shape index (κ2) is 5.43. The number of ketones is 1. The molecule has 5 nitrogen and oxygen atoms in total. The third-order valence-corrected chi connectivity index (χ3v) is 2.47. The molecule has 17 heavy (non-hydrogen) atoms. The van der Waals surface area contributed by atoms with Crippen LogP contribution in [0.2, 0.25) is 0 Å². The van der Waals surface area contributed by atoms with Gasteiger partial charge in [0.2, 0.25) is 0 Å². The monoisotopic (exact) mass is 237 g/mol. The van der Waals surface area contributed by atoms with E-state index in [9.17, 15) is 14.9 Å². The number of Topliss-reactive ketones (excluding diaryl/α,β-unsaturated/α-hetero) is 1. The van der Waals surface area contributed by atoms with Crippen molar-refractivity contribution in [1.29, 1.82) is 0 Å². The minimum Gasteiger partial charge on any atom is -0.485 e. The summed E-state index contributed by atoms with van der Waals surface area (Å²) in [5.74, 6) is 0.248. The maximum Gasteiger partial charge on any atom is 0.276 e. The minimum atomic E-state index is -0.466. The molecule has 0 spiro atoms. The maximum absolute atomic E-state index is 11.4. The number of ether oxygens (including phenoxy) is 1. The normalized spacial score (nSPS) is 10.4. The largest absolute Gasteiger partial charge is 0.485 e. The Bertz CT molecular complexity index is 440. The van der Waals surface area contributed by atoms with Gasteiger partial charge in [0.25, 0.3) is 5.69 Å². The average Bonchev–Trinajstić information content (AvgIpc) is 2.26.